The molecule has 1 aromatic heterocycles. The van der Waals surface area contributed by atoms with Crippen molar-refractivity contribution in [1.29, 1.82) is 0 Å². The first-order valence-corrected chi connectivity index (χ1v) is 4.12. The van der Waals surface area contributed by atoms with Gasteiger partial charge in [-0.3, -0.25) is 0 Å². The van der Waals surface area contributed by atoms with E-state index in [9.17, 15) is 0 Å². The quantitative estimate of drug-likeness (QED) is 0.785. The number of aromatic nitrogens is 2. The highest BCUT2D eigenvalue weighted by Crippen LogP contribution is 2.05. The molecular weight excluding hydrogens is 202 g/mol. The van der Waals surface area contributed by atoms with E-state index in [0.717, 1.165) is 0 Å². The van der Waals surface area contributed by atoms with Crippen LogP contribution < -0.4 is 5.73 Å². The largest absolute Gasteiger partial charge is 0.335 e. The maximum absolute atomic E-state index is 5.56. The summed E-state index contributed by atoms with van der Waals surface area (Å²) in [6.07, 6.45) is 7.37. The third-order valence-corrected chi connectivity index (χ3v) is 1.41. The van der Waals surface area contributed by atoms with Crippen LogP contribution in [0.2, 0.25) is 0 Å². The van der Waals surface area contributed by atoms with E-state index in [1.807, 2.05) is 32.1 Å². The number of hydrogen-bond acceptors (Lipinski definition) is 4. The van der Waals surface area contributed by atoms with Gasteiger partial charge in [0.1, 0.15) is 0 Å². The fraction of sp³-hybridized carbons (Fsp3) is 0.333. The zero-order chi connectivity index (χ0) is 9.68. The number of rotatable bonds is 3. The molecule has 0 fully saturated rings. The zero-order valence-corrected chi connectivity index (χ0v) is 8.99. The molecule has 0 aliphatic heterocycles. The highest BCUT2D eigenvalue weighted by atomic mass is 35.5. The van der Waals surface area contributed by atoms with Crippen LogP contribution in [0.15, 0.2) is 22.8 Å². The van der Waals surface area contributed by atoms with Gasteiger partial charge in [0.25, 0.3) is 5.89 Å². The van der Waals surface area contributed by atoms with Crippen molar-refractivity contribution in [3.63, 3.8) is 0 Å². The Morgan fingerprint density at radius 2 is 2.14 bits per heavy atom. The Balaban J connectivity index is 0.00000169. The molecule has 1 unspecified atom stereocenters. The van der Waals surface area contributed by atoms with Gasteiger partial charge in [0, 0.05) is 6.08 Å². The number of hydrogen-bond donors (Lipinski definition) is 1. The summed E-state index contributed by atoms with van der Waals surface area (Å²) in [5.74, 6) is 1.01. The third kappa shape index (κ3) is 3.72. The van der Waals surface area contributed by atoms with E-state index in [-0.39, 0.29) is 18.4 Å². The highest BCUT2D eigenvalue weighted by molar-refractivity contribution is 5.85. The molecule has 0 amide bonds. The Labute approximate surface area is 89.3 Å². The second kappa shape index (κ2) is 6.34. The lowest BCUT2D eigenvalue weighted by atomic mass is 10.3. The Kier molecular flexibility index (Phi) is 5.83. The van der Waals surface area contributed by atoms with Gasteiger partial charge in [-0.2, -0.15) is 4.98 Å². The lowest BCUT2D eigenvalue weighted by molar-refractivity contribution is 0.399. The first kappa shape index (κ1) is 12.9. The first-order valence-electron chi connectivity index (χ1n) is 4.12. The van der Waals surface area contributed by atoms with Gasteiger partial charge in [0.2, 0.25) is 0 Å². The van der Waals surface area contributed by atoms with Crippen LogP contribution in [0.3, 0.4) is 0 Å². The van der Waals surface area contributed by atoms with Crippen LogP contribution in [0.5, 0.6) is 0 Å². The number of nitrogens with zero attached hydrogens (tertiary/aromatic N) is 2. The van der Waals surface area contributed by atoms with Crippen molar-refractivity contribution < 1.29 is 4.52 Å². The Morgan fingerprint density at radius 3 is 2.64 bits per heavy atom. The van der Waals surface area contributed by atoms with Gasteiger partial charge < -0.3 is 10.3 Å². The molecule has 5 heteroatoms. The van der Waals surface area contributed by atoms with Gasteiger partial charge in [-0.25, -0.2) is 0 Å². The maximum atomic E-state index is 5.56. The summed E-state index contributed by atoms with van der Waals surface area (Å²) in [6.45, 7) is 3.75. The van der Waals surface area contributed by atoms with Crippen LogP contribution in [0.1, 0.15) is 31.6 Å². The van der Waals surface area contributed by atoms with E-state index in [4.69, 9.17) is 10.3 Å². The fourth-order valence-corrected chi connectivity index (χ4v) is 0.749. The molecule has 0 radical (unpaired) electrons. The van der Waals surface area contributed by atoms with E-state index in [1.165, 1.54) is 0 Å². The van der Waals surface area contributed by atoms with Crippen LogP contribution in [0, 0.1) is 0 Å². The van der Waals surface area contributed by atoms with Crippen LogP contribution in [0.4, 0.5) is 0 Å². The molecule has 0 spiro atoms. The fourth-order valence-electron chi connectivity index (χ4n) is 0.749. The molecule has 1 atom stereocenters. The highest BCUT2D eigenvalue weighted by Gasteiger charge is 2.06. The van der Waals surface area contributed by atoms with E-state index in [2.05, 4.69) is 10.1 Å². The van der Waals surface area contributed by atoms with E-state index >= 15 is 0 Å². The van der Waals surface area contributed by atoms with Crippen molar-refractivity contribution in [3.05, 3.63) is 29.9 Å². The monoisotopic (exact) mass is 215 g/mol. The van der Waals surface area contributed by atoms with Crippen molar-refractivity contribution in [2.75, 3.05) is 0 Å². The third-order valence-electron chi connectivity index (χ3n) is 1.41. The lowest BCUT2D eigenvalue weighted by Gasteiger charge is -1.92. The Hall–Kier alpha value is -1.13. The molecule has 2 N–H and O–H groups in total. The van der Waals surface area contributed by atoms with Crippen molar-refractivity contribution >= 4 is 18.5 Å². The topological polar surface area (TPSA) is 64.9 Å². The molecule has 0 bridgehead atoms. The number of halogens is 1. The lowest BCUT2D eigenvalue weighted by Crippen LogP contribution is -2.06. The van der Waals surface area contributed by atoms with Gasteiger partial charge in [-0.1, -0.05) is 23.4 Å². The van der Waals surface area contributed by atoms with Gasteiger partial charge in [0.15, 0.2) is 5.82 Å². The van der Waals surface area contributed by atoms with Gasteiger partial charge in [-0.05, 0) is 13.8 Å². The normalized spacial score (nSPS) is 13.4. The van der Waals surface area contributed by atoms with Crippen molar-refractivity contribution in [1.82, 2.24) is 10.1 Å². The Bertz CT molecular complexity index is 318. The summed E-state index contributed by atoms with van der Waals surface area (Å²) in [6, 6.07) is -0.187. The summed E-state index contributed by atoms with van der Waals surface area (Å²) in [5, 5.41) is 3.71. The van der Waals surface area contributed by atoms with E-state index in [0.29, 0.717) is 11.7 Å². The molecule has 1 rings (SSSR count). The summed E-state index contributed by atoms with van der Waals surface area (Å²) >= 11 is 0. The molecule has 1 aromatic rings. The summed E-state index contributed by atoms with van der Waals surface area (Å²) < 4.78 is 4.91. The summed E-state index contributed by atoms with van der Waals surface area (Å²) in [4.78, 5) is 4.06. The molecule has 0 aliphatic rings. The zero-order valence-electron chi connectivity index (χ0n) is 8.18. The average Bonchev–Trinajstić information content (AvgIpc) is 2.53. The molecule has 1 heterocycles. The molecule has 0 aliphatic carbocycles. The Morgan fingerprint density at radius 1 is 1.43 bits per heavy atom. The van der Waals surface area contributed by atoms with Crippen LogP contribution >= 0.6 is 12.4 Å². The predicted molar refractivity (Wildman–Crippen MR) is 58.0 cm³/mol. The molecule has 0 saturated heterocycles. The molecule has 0 aromatic carbocycles. The SMILES string of the molecule is C/C=C/C=C/c1nc(C(C)N)no1.Cl. The summed E-state index contributed by atoms with van der Waals surface area (Å²) in [5.41, 5.74) is 5.56. The molecule has 0 saturated carbocycles. The minimum atomic E-state index is -0.187. The molecular formula is C9H14ClN3O. The first-order chi connectivity index (χ1) is 6.24. The maximum Gasteiger partial charge on any atom is 0.250 e. The smallest absolute Gasteiger partial charge is 0.250 e. The van der Waals surface area contributed by atoms with Crippen molar-refractivity contribution in [2.45, 2.75) is 19.9 Å². The molecule has 4 nitrogen and oxygen atoms in total. The predicted octanol–water partition coefficient (Wildman–Crippen LogP) is 2.10. The second-order valence-corrected chi connectivity index (χ2v) is 2.66. The van der Waals surface area contributed by atoms with E-state index < -0.39 is 0 Å². The van der Waals surface area contributed by atoms with Gasteiger partial charge >= 0.3 is 0 Å². The number of allylic oxidation sites excluding steroid dienone is 3. The molecule has 14 heavy (non-hydrogen) atoms. The molecule has 78 valence electrons. The average molecular weight is 216 g/mol. The van der Waals surface area contributed by atoms with Crippen LogP contribution in [-0.4, -0.2) is 10.1 Å². The van der Waals surface area contributed by atoms with Crippen molar-refractivity contribution in [3.8, 4) is 0 Å². The van der Waals surface area contributed by atoms with Gasteiger partial charge in [-0.15, -0.1) is 12.4 Å². The van der Waals surface area contributed by atoms with E-state index in [1.54, 1.807) is 6.08 Å². The van der Waals surface area contributed by atoms with Crippen LogP contribution in [-0.2, 0) is 0 Å². The second-order valence-electron chi connectivity index (χ2n) is 2.66. The number of nitrogens with two attached hydrogens (primary N) is 1. The van der Waals surface area contributed by atoms with Crippen LogP contribution in [0.25, 0.3) is 6.08 Å². The van der Waals surface area contributed by atoms with Crippen molar-refractivity contribution in [2.24, 2.45) is 5.73 Å². The van der Waals surface area contributed by atoms with Gasteiger partial charge in [0.05, 0.1) is 6.04 Å². The summed E-state index contributed by atoms with van der Waals surface area (Å²) in [7, 11) is 0. The standard InChI is InChI=1S/C9H13N3O.ClH/c1-3-4-5-6-8-11-9(7(2)10)12-13-8;/h3-7H,10H2,1-2H3;1H/b4-3+,6-5+;. The minimum Gasteiger partial charge on any atom is -0.335 e. The minimum absolute atomic E-state index is 0.